The molecule has 1 aliphatic carbocycles. The minimum atomic E-state index is -0.766. The number of carbonyl (C=O) groups is 2. The highest BCUT2D eigenvalue weighted by molar-refractivity contribution is 7.14. The van der Waals surface area contributed by atoms with Crippen LogP contribution in [-0.2, 0) is 4.79 Å². The van der Waals surface area contributed by atoms with Gasteiger partial charge in [-0.05, 0) is 38.3 Å². The molecule has 1 aromatic heterocycles. The van der Waals surface area contributed by atoms with Gasteiger partial charge in [-0.2, -0.15) is 0 Å². The lowest BCUT2D eigenvalue weighted by molar-refractivity contribution is -0.141. The van der Waals surface area contributed by atoms with E-state index in [1.165, 1.54) is 11.3 Å². The number of thiophene rings is 1. The van der Waals surface area contributed by atoms with Crippen molar-refractivity contribution in [2.75, 3.05) is 0 Å². The van der Waals surface area contributed by atoms with Crippen LogP contribution in [0, 0.1) is 18.8 Å². The summed E-state index contributed by atoms with van der Waals surface area (Å²) in [4.78, 5) is 24.7. The Morgan fingerprint density at radius 1 is 1.31 bits per heavy atom. The number of hydrogen-bond donors (Lipinski definition) is 1. The van der Waals surface area contributed by atoms with Crippen LogP contribution < -0.4 is 0 Å². The number of aliphatic carboxylic acids is 1. The van der Waals surface area contributed by atoms with Crippen LogP contribution >= 0.6 is 11.3 Å². The molecule has 1 heterocycles. The standard InChI is InChI=1S/C12H14O3S/c1-7-2-5-10(16-7)11(13)8-3-4-9(6-8)12(14)15/h2,5,8-9H,3-4,6H2,1H3,(H,14,15). The first-order valence-corrected chi connectivity index (χ1v) is 6.23. The Kier molecular flexibility index (Phi) is 3.10. The van der Waals surface area contributed by atoms with E-state index >= 15 is 0 Å². The maximum Gasteiger partial charge on any atom is 0.306 e. The fraction of sp³-hybridized carbons (Fsp3) is 0.500. The Morgan fingerprint density at radius 2 is 2.00 bits per heavy atom. The summed E-state index contributed by atoms with van der Waals surface area (Å²) in [7, 11) is 0. The normalized spacial score (nSPS) is 24.6. The molecule has 2 rings (SSSR count). The third-order valence-corrected chi connectivity index (χ3v) is 4.15. The SMILES string of the molecule is Cc1ccc(C(=O)C2CCC(C(=O)O)C2)s1. The molecule has 1 saturated carbocycles. The molecule has 0 spiro atoms. The van der Waals surface area contributed by atoms with E-state index in [-0.39, 0.29) is 17.6 Å². The number of hydrogen-bond acceptors (Lipinski definition) is 3. The minimum Gasteiger partial charge on any atom is -0.481 e. The highest BCUT2D eigenvalue weighted by Crippen LogP contribution is 2.34. The molecule has 0 radical (unpaired) electrons. The van der Waals surface area contributed by atoms with E-state index in [0.29, 0.717) is 19.3 Å². The number of carbonyl (C=O) groups excluding carboxylic acids is 1. The highest BCUT2D eigenvalue weighted by atomic mass is 32.1. The minimum absolute atomic E-state index is 0.0841. The van der Waals surface area contributed by atoms with Gasteiger partial charge in [-0.25, -0.2) is 0 Å². The molecule has 16 heavy (non-hydrogen) atoms. The lowest BCUT2D eigenvalue weighted by Crippen LogP contribution is -2.13. The van der Waals surface area contributed by atoms with Crippen molar-refractivity contribution in [3.05, 3.63) is 21.9 Å². The average molecular weight is 238 g/mol. The third kappa shape index (κ3) is 2.16. The van der Waals surface area contributed by atoms with Gasteiger partial charge in [0.1, 0.15) is 0 Å². The van der Waals surface area contributed by atoms with Crippen LogP contribution in [0.15, 0.2) is 12.1 Å². The molecule has 1 aromatic rings. The topological polar surface area (TPSA) is 54.4 Å². The first-order chi connectivity index (χ1) is 7.58. The molecule has 4 heteroatoms. The Hall–Kier alpha value is -1.16. The third-order valence-electron chi connectivity index (χ3n) is 3.14. The van der Waals surface area contributed by atoms with E-state index in [9.17, 15) is 9.59 Å². The van der Waals surface area contributed by atoms with Crippen LogP contribution in [0.25, 0.3) is 0 Å². The zero-order valence-corrected chi connectivity index (χ0v) is 9.92. The number of aryl methyl sites for hydroxylation is 1. The van der Waals surface area contributed by atoms with Gasteiger partial charge in [0, 0.05) is 10.8 Å². The molecule has 1 N–H and O–H groups in total. The van der Waals surface area contributed by atoms with Crippen molar-refractivity contribution in [2.45, 2.75) is 26.2 Å². The summed E-state index contributed by atoms with van der Waals surface area (Å²) < 4.78 is 0. The number of carboxylic acid groups (broad SMARTS) is 1. The number of carboxylic acids is 1. The largest absolute Gasteiger partial charge is 0.481 e. The molecule has 0 amide bonds. The second kappa shape index (κ2) is 4.37. The fourth-order valence-corrected chi connectivity index (χ4v) is 3.10. The monoisotopic (exact) mass is 238 g/mol. The van der Waals surface area contributed by atoms with Crippen molar-refractivity contribution in [1.29, 1.82) is 0 Å². The van der Waals surface area contributed by atoms with Crippen LogP contribution in [0.1, 0.15) is 33.8 Å². The van der Waals surface area contributed by atoms with Gasteiger partial charge >= 0.3 is 5.97 Å². The van der Waals surface area contributed by atoms with E-state index in [1.54, 1.807) is 0 Å². The van der Waals surface area contributed by atoms with Gasteiger partial charge in [-0.1, -0.05) is 0 Å². The summed E-state index contributed by atoms with van der Waals surface area (Å²) in [6, 6.07) is 3.78. The van der Waals surface area contributed by atoms with Crippen LogP contribution in [0.3, 0.4) is 0 Å². The molecule has 2 atom stereocenters. The number of ketones is 1. The van der Waals surface area contributed by atoms with Gasteiger partial charge in [0.05, 0.1) is 10.8 Å². The van der Waals surface area contributed by atoms with Gasteiger partial charge in [-0.3, -0.25) is 9.59 Å². The lowest BCUT2D eigenvalue weighted by Gasteiger charge is -2.06. The molecule has 0 bridgehead atoms. The van der Waals surface area contributed by atoms with E-state index in [1.807, 2.05) is 19.1 Å². The highest BCUT2D eigenvalue weighted by Gasteiger charge is 2.34. The van der Waals surface area contributed by atoms with Crippen LogP contribution in [-0.4, -0.2) is 16.9 Å². The van der Waals surface area contributed by atoms with Gasteiger partial charge < -0.3 is 5.11 Å². The molecular formula is C12H14O3S. The van der Waals surface area contributed by atoms with Crippen molar-refractivity contribution in [3.8, 4) is 0 Å². The molecule has 1 fully saturated rings. The summed E-state index contributed by atoms with van der Waals surface area (Å²) in [5.41, 5.74) is 0. The van der Waals surface area contributed by atoms with Crippen molar-refractivity contribution in [2.24, 2.45) is 11.8 Å². The van der Waals surface area contributed by atoms with E-state index in [2.05, 4.69) is 0 Å². The Bertz CT molecular complexity index is 422. The second-order valence-corrected chi connectivity index (χ2v) is 5.61. The summed E-state index contributed by atoms with van der Waals surface area (Å²) in [6.07, 6.45) is 1.86. The van der Waals surface area contributed by atoms with Crippen LogP contribution in [0.4, 0.5) is 0 Å². The zero-order chi connectivity index (χ0) is 11.7. The summed E-state index contributed by atoms with van der Waals surface area (Å²) >= 11 is 1.50. The van der Waals surface area contributed by atoms with Gasteiger partial charge in [0.2, 0.25) is 0 Å². The predicted octanol–water partition coefficient (Wildman–Crippen LogP) is 2.74. The van der Waals surface area contributed by atoms with Gasteiger partial charge in [-0.15, -0.1) is 11.3 Å². The zero-order valence-electron chi connectivity index (χ0n) is 9.10. The lowest BCUT2D eigenvalue weighted by atomic mass is 9.99. The molecular weight excluding hydrogens is 224 g/mol. The predicted molar refractivity (Wildman–Crippen MR) is 61.9 cm³/mol. The first-order valence-electron chi connectivity index (χ1n) is 5.41. The van der Waals surface area contributed by atoms with Crippen LogP contribution in [0.2, 0.25) is 0 Å². The second-order valence-electron chi connectivity index (χ2n) is 4.32. The van der Waals surface area contributed by atoms with Crippen molar-refractivity contribution in [3.63, 3.8) is 0 Å². The molecule has 0 aliphatic heterocycles. The quantitative estimate of drug-likeness (QED) is 0.824. The Morgan fingerprint density at radius 3 is 2.50 bits per heavy atom. The van der Waals surface area contributed by atoms with E-state index in [0.717, 1.165) is 9.75 Å². The number of Topliss-reactive ketones (excluding diaryl/α,β-unsaturated/α-hetero) is 1. The molecule has 0 aromatic carbocycles. The van der Waals surface area contributed by atoms with Crippen molar-refractivity contribution < 1.29 is 14.7 Å². The Labute approximate surface area is 98.1 Å². The summed E-state index contributed by atoms with van der Waals surface area (Å²) in [6.45, 7) is 1.97. The fourth-order valence-electron chi connectivity index (χ4n) is 2.21. The summed E-state index contributed by atoms with van der Waals surface area (Å²) in [5.74, 6) is -1.05. The molecule has 86 valence electrons. The first kappa shape index (κ1) is 11.3. The molecule has 2 unspecified atom stereocenters. The molecule has 0 saturated heterocycles. The van der Waals surface area contributed by atoms with Crippen LogP contribution in [0.5, 0.6) is 0 Å². The van der Waals surface area contributed by atoms with E-state index in [4.69, 9.17) is 5.11 Å². The van der Waals surface area contributed by atoms with E-state index < -0.39 is 5.97 Å². The Balaban J connectivity index is 2.05. The average Bonchev–Trinajstić information content (AvgIpc) is 2.84. The van der Waals surface area contributed by atoms with Crippen molar-refractivity contribution in [1.82, 2.24) is 0 Å². The smallest absolute Gasteiger partial charge is 0.306 e. The summed E-state index contributed by atoms with van der Waals surface area (Å²) in [5, 5.41) is 8.88. The van der Waals surface area contributed by atoms with Gasteiger partial charge in [0.25, 0.3) is 0 Å². The molecule has 1 aliphatic rings. The molecule has 3 nitrogen and oxygen atoms in total. The van der Waals surface area contributed by atoms with Crippen molar-refractivity contribution >= 4 is 23.1 Å². The number of rotatable bonds is 3. The van der Waals surface area contributed by atoms with Gasteiger partial charge in [0.15, 0.2) is 5.78 Å². The maximum atomic E-state index is 12.0. The maximum absolute atomic E-state index is 12.0.